The number of esters is 1. The smallest absolute Gasteiger partial charge is 0.311 e. The molecule has 7 nitrogen and oxygen atoms in total. The van der Waals surface area contributed by atoms with Crippen LogP contribution in [0.25, 0.3) is 0 Å². The molecule has 0 amide bonds. The van der Waals surface area contributed by atoms with Gasteiger partial charge in [-0.3, -0.25) is 4.79 Å². The Morgan fingerprint density at radius 1 is 1.20 bits per heavy atom. The van der Waals surface area contributed by atoms with E-state index in [0.717, 1.165) is 11.0 Å². The first kappa shape index (κ1) is 17.0. The molecule has 0 aromatic carbocycles. The van der Waals surface area contributed by atoms with Gasteiger partial charge in [0.2, 0.25) is 0 Å². The minimum Gasteiger partial charge on any atom is -0.469 e. The van der Waals surface area contributed by atoms with Gasteiger partial charge < -0.3 is 9.22 Å². The lowest BCUT2D eigenvalue weighted by atomic mass is 10.4. The molecule has 15 heavy (non-hydrogen) atoms. The molecule has 0 aliphatic carbocycles. The summed E-state index contributed by atoms with van der Waals surface area (Å²) >= 11 is 0. The van der Waals surface area contributed by atoms with Crippen LogP contribution in [0.2, 0.25) is 0 Å². The van der Waals surface area contributed by atoms with Crippen molar-refractivity contribution in [2.24, 2.45) is 0 Å². The highest BCUT2D eigenvalue weighted by molar-refractivity contribution is 5.69. The van der Waals surface area contributed by atoms with Crippen LogP contribution in [-0.2, 0) is 9.53 Å². The largest absolute Gasteiger partial charge is 0.469 e. The molecule has 0 bridgehead atoms. The average Bonchev–Trinajstić information content (AvgIpc) is 1.95. The first-order chi connectivity index (χ1) is 6.45. The third-order valence-electron chi connectivity index (χ3n) is 1.21. The van der Waals surface area contributed by atoms with Crippen molar-refractivity contribution in [2.45, 2.75) is 6.42 Å². The predicted molar refractivity (Wildman–Crippen MR) is 39.5 cm³/mol. The van der Waals surface area contributed by atoms with Gasteiger partial charge in [0.25, 0.3) is 0 Å². The summed E-state index contributed by atoms with van der Waals surface area (Å²) in [6.45, 7) is 0.826. The SMILES string of the molecule is COC(=O)CC[N+](C)(C)C.[O-][Cl+3]([O-])([O-])[O-]. The van der Waals surface area contributed by atoms with Crippen molar-refractivity contribution in [2.75, 3.05) is 34.8 Å². The van der Waals surface area contributed by atoms with Crippen LogP contribution in [0.4, 0.5) is 0 Å². The molecule has 0 fully saturated rings. The van der Waals surface area contributed by atoms with Crippen molar-refractivity contribution in [3.8, 4) is 0 Å². The van der Waals surface area contributed by atoms with Crippen molar-refractivity contribution in [1.29, 1.82) is 0 Å². The van der Waals surface area contributed by atoms with E-state index in [0.29, 0.717) is 6.42 Å². The minimum atomic E-state index is -4.94. The maximum absolute atomic E-state index is 10.6. The van der Waals surface area contributed by atoms with Crippen molar-refractivity contribution in [1.82, 2.24) is 0 Å². The third-order valence-corrected chi connectivity index (χ3v) is 1.21. The van der Waals surface area contributed by atoms with Gasteiger partial charge in [-0.2, -0.15) is 0 Å². The first-order valence-corrected chi connectivity index (χ1v) is 5.18. The zero-order chi connectivity index (χ0) is 12.7. The molecule has 0 spiro atoms. The number of hydrogen-bond acceptors (Lipinski definition) is 6. The molecular weight excluding hydrogens is 230 g/mol. The fourth-order valence-corrected chi connectivity index (χ4v) is 0.529. The summed E-state index contributed by atoms with van der Waals surface area (Å²) in [6, 6.07) is 0. The van der Waals surface area contributed by atoms with Gasteiger partial charge in [0, 0.05) is 0 Å². The van der Waals surface area contributed by atoms with Crippen molar-refractivity contribution in [3.05, 3.63) is 0 Å². The highest BCUT2D eigenvalue weighted by atomic mass is 35.7. The lowest BCUT2D eigenvalue weighted by molar-refractivity contribution is -2.00. The molecule has 0 N–H and O–H groups in total. The zero-order valence-electron chi connectivity index (χ0n) is 9.19. The molecule has 0 heterocycles. The Labute approximate surface area is 90.8 Å². The van der Waals surface area contributed by atoms with Crippen molar-refractivity contribution >= 4 is 5.97 Å². The molecule has 92 valence electrons. The number of nitrogens with zero attached hydrogens (tertiary/aromatic N) is 1. The van der Waals surface area contributed by atoms with Crippen molar-refractivity contribution < 1.29 is 42.9 Å². The maximum Gasteiger partial charge on any atom is 0.311 e. The molecule has 0 radical (unpaired) electrons. The lowest BCUT2D eigenvalue weighted by Crippen LogP contribution is -2.68. The molecule has 0 rings (SSSR count). The number of carbonyl (C=O) groups excluding carboxylic acids is 1. The summed E-state index contributed by atoms with van der Waals surface area (Å²) in [5.41, 5.74) is 0. The van der Waals surface area contributed by atoms with Gasteiger partial charge in [-0.25, -0.2) is 18.6 Å². The van der Waals surface area contributed by atoms with E-state index in [1.807, 2.05) is 21.1 Å². The van der Waals surface area contributed by atoms with Crippen LogP contribution in [0.5, 0.6) is 0 Å². The molecule has 0 aromatic heterocycles. The summed E-state index contributed by atoms with van der Waals surface area (Å²) < 4.78 is 39.3. The maximum atomic E-state index is 10.6. The third kappa shape index (κ3) is 31.7. The van der Waals surface area contributed by atoms with E-state index in [9.17, 15) is 4.79 Å². The summed E-state index contributed by atoms with van der Waals surface area (Å²) in [7, 11) is 2.60. The topological polar surface area (TPSA) is 119 Å². The summed E-state index contributed by atoms with van der Waals surface area (Å²) in [5.74, 6) is -0.131. The van der Waals surface area contributed by atoms with E-state index in [1.54, 1.807) is 0 Å². The Hall–Kier alpha value is -0.440. The van der Waals surface area contributed by atoms with E-state index >= 15 is 0 Å². The molecule has 0 aliphatic heterocycles. The molecule has 8 heteroatoms. The lowest BCUT2D eigenvalue weighted by Gasteiger charge is -2.22. The number of hydrogen-bond donors (Lipinski definition) is 0. The number of ether oxygens (including phenoxy) is 1. The van der Waals surface area contributed by atoms with Gasteiger partial charge >= 0.3 is 5.97 Å². The van der Waals surface area contributed by atoms with Crippen LogP contribution in [0.15, 0.2) is 0 Å². The van der Waals surface area contributed by atoms with E-state index in [2.05, 4.69) is 4.74 Å². The van der Waals surface area contributed by atoms with Crippen LogP contribution >= 0.6 is 0 Å². The number of methoxy groups -OCH3 is 1. The second kappa shape index (κ2) is 6.94. The number of carbonyl (C=O) groups is 1. The summed E-state index contributed by atoms with van der Waals surface area (Å²) in [5, 5.41) is 0. The van der Waals surface area contributed by atoms with Crippen LogP contribution in [0.1, 0.15) is 6.42 Å². The van der Waals surface area contributed by atoms with Crippen LogP contribution in [0.3, 0.4) is 0 Å². The van der Waals surface area contributed by atoms with E-state index in [1.165, 1.54) is 7.11 Å². The quantitative estimate of drug-likeness (QED) is 0.365. The normalized spacial score (nSPS) is 11.5. The number of halogens is 1. The Balaban J connectivity index is 0. The van der Waals surface area contributed by atoms with Crippen LogP contribution in [-0.4, -0.2) is 45.2 Å². The molecule has 0 aliphatic rings. The average molecular weight is 246 g/mol. The number of rotatable bonds is 3. The van der Waals surface area contributed by atoms with Crippen LogP contribution in [0, 0.1) is 10.2 Å². The van der Waals surface area contributed by atoms with Gasteiger partial charge in [-0.15, -0.1) is 10.2 Å². The highest BCUT2D eigenvalue weighted by Gasteiger charge is 2.10. The molecule has 0 atom stereocenters. The minimum absolute atomic E-state index is 0.131. The van der Waals surface area contributed by atoms with Crippen LogP contribution < -0.4 is 18.6 Å². The van der Waals surface area contributed by atoms with E-state index < -0.39 is 10.2 Å². The molecule has 0 unspecified atom stereocenters. The molecule has 0 saturated heterocycles. The fourth-order valence-electron chi connectivity index (χ4n) is 0.529. The monoisotopic (exact) mass is 245 g/mol. The fraction of sp³-hybridized carbons (Fsp3) is 0.857. The second-order valence-electron chi connectivity index (χ2n) is 3.72. The Kier molecular flexibility index (Phi) is 7.85. The van der Waals surface area contributed by atoms with Gasteiger partial charge in [0.15, 0.2) is 0 Å². The van der Waals surface area contributed by atoms with E-state index in [4.69, 9.17) is 18.6 Å². The van der Waals surface area contributed by atoms with Gasteiger partial charge in [-0.05, 0) is 0 Å². The Morgan fingerprint density at radius 3 is 1.73 bits per heavy atom. The van der Waals surface area contributed by atoms with Gasteiger partial charge in [0.1, 0.15) is 0 Å². The Bertz CT molecular complexity index is 179. The summed E-state index contributed by atoms with van der Waals surface area (Å²) in [4.78, 5) is 10.6. The standard InChI is InChI=1S/C7H16NO2.ClHO4/c1-8(2,3)6-5-7(9)10-4;2-1(3,4)5/h5-6H2,1-4H3;(H,2,3,4,5)/q+1;/p-1. The van der Waals surface area contributed by atoms with Crippen molar-refractivity contribution in [3.63, 3.8) is 0 Å². The zero-order valence-corrected chi connectivity index (χ0v) is 9.94. The van der Waals surface area contributed by atoms with Gasteiger partial charge in [-0.1, -0.05) is 0 Å². The highest BCUT2D eigenvalue weighted by Crippen LogP contribution is 1.94. The second-order valence-corrected chi connectivity index (χ2v) is 4.47. The summed E-state index contributed by atoms with van der Waals surface area (Å²) in [6.07, 6.45) is 0.500. The van der Waals surface area contributed by atoms with E-state index in [-0.39, 0.29) is 5.97 Å². The van der Waals surface area contributed by atoms with Gasteiger partial charge in [0.05, 0.1) is 41.2 Å². The Morgan fingerprint density at radius 2 is 1.53 bits per heavy atom. The predicted octanol–water partition coefficient (Wildman–Crippen LogP) is -4.50. The first-order valence-electron chi connectivity index (χ1n) is 3.95. The number of quaternary nitrogens is 1. The molecule has 0 saturated carbocycles. The molecular formula is C7H16ClNO6. The molecule has 0 aromatic rings.